The van der Waals surface area contributed by atoms with Gasteiger partial charge in [-0.2, -0.15) is 0 Å². The van der Waals surface area contributed by atoms with Crippen molar-refractivity contribution in [2.75, 3.05) is 9.80 Å². The second kappa shape index (κ2) is 14.7. The van der Waals surface area contributed by atoms with E-state index in [0.717, 1.165) is 65.8 Å². The highest BCUT2D eigenvalue weighted by Crippen LogP contribution is 2.52. The van der Waals surface area contributed by atoms with Crippen LogP contribution < -0.4 is 9.80 Å². The second-order valence-corrected chi connectivity index (χ2v) is 16.1. The molecule has 0 aliphatic heterocycles. The molecular weight excluding hydrogens is 801 g/mol. The third-order valence-corrected chi connectivity index (χ3v) is 12.6. The SMILES string of the molecule is Fc1c(F)c(F)c2c3cc(N(c4ccccc4)c4cccc5ccccc45)c4ccccc4c3c3c4ccccc4c(N(c4ccccc4)c4cccc5ccccc45)cc3c2c1F. The van der Waals surface area contributed by atoms with Gasteiger partial charge in [0.15, 0.2) is 23.3 Å². The van der Waals surface area contributed by atoms with E-state index in [4.69, 9.17) is 0 Å². The topological polar surface area (TPSA) is 6.48 Å². The molecule has 12 rings (SSSR count). The van der Waals surface area contributed by atoms with Gasteiger partial charge in [0.1, 0.15) is 0 Å². The zero-order valence-corrected chi connectivity index (χ0v) is 34.0. The maximum absolute atomic E-state index is 17.2. The highest BCUT2D eigenvalue weighted by atomic mass is 19.2. The van der Waals surface area contributed by atoms with Gasteiger partial charge in [0.05, 0.1) is 22.7 Å². The van der Waals surface area contributed by atoms with Crippen molar-refractivity contribution in [2.45, 2.75) is 0 Å². The summed E-state index contributed by atoms with van der Waals surface area (Å²) in [5.41, 5.74) is 4.66. The maximum Gasteiger partial charge on any atom is 0.198 e. The van der Waals surface area contributed by atoms with Gasteiger partial charge in [-0.05, 0) is 91.6 Å². The third-order valence-electron chi connectivity index (χ3n) is 12.6. The zero-order chi connectivity index (χ0) is 43.1. The first kappa shape index (κ1) is 37.5. The first-order valence-corrected chi connectivity index (χ1v) is 21.1. The molecule has 0 atom stereocenters. The van der Waals surface area contributed by atoms with Crippen LogP contribution in [0, 0.1) is 23.3 Å². The molecule has 0 fully saturated rings. The summed E-state index contributed by atoms with van der Waals surface area (Å²) in [6.45, 7) is 0. The molecule has 0 heterocycles. The lowest BCUT2D eigenvalue weighted by atomic mass is 9.86. The molecule has 0 aliphatic rings. The summed E-state index contributed by atoms with van der Waals surface area (Å²) in [5.74, 6) is -6.64. The van der Waals surface area contributed by atoms with Gasteiger partial charge in [-0.1, -0.05) is 158 Å². The van der Waals surface area contributed by atoms with Crippen molar-refractivity contribution in [3.63, 3.8) is 0 Å². The van der Waals surface area contributed by atoms with Crippen molar-refractivity contribution in [1.82, 2.24) is 0 Å². The van der Waals surface area contributed by atoms with Crippen LogP contribution in [0.1, 0.15) is 0 Å². The lowest BCUT2D eigenvalue weighted by Crippen LogP contribution is -2.12. The molecule has 6 heteroatoms. The number of rotatable bonds is 6. The third kappa shape index (κ3) is 5.59. The van der Waals surface area contributed by atoms with Crippen molar-refractivity contribution >= 4 is 110 Å². The lowest BCUT2D eigenvalue weighted by Gasteiger charge is -2.30. The van der Waals surface area contributed by atoms with Gasteiger partial charge in [0.2, 0.25) is 0 Å². The van der Waals surface area contributed by atoms with Crippen molar-refractivity contribution in [3.8, 4) is 0 Å². The molecule has 64 heavy (non-hydrogen) atoms. The number of hydrogen-bond acceptors (Lipinski definition) is 2. The van der Waals surface area contributed by atoms with Gasteiger partial charge in [-0.15, -0.1) is 0 Å². The maximum atomic E-state index is 17.2. The highest BCUT2D eigenvalue weighted by molar-refractivity contribution is 6.39. The predicted octanol–water partition coefficient (Wildman–Crippen LogP) is 17.3. The fourth-order valence-corrected chi connectivity index (χ4v) is 9.93. The highest BCUT2D eigenvalue weighted by Gasteiger charge is 2.30. The Balaban J connectivity index is 1.29. The van der Waals surface area contributed by atoms with Gasteiger partial charge in [-0.3, -0.25) is 0 Å². The van der Waals surface area contributed by atoms with Crippen LogP contribution in [0.15, 0.2) is 206 Å². The number of halogens is 4. The predicted molar refractivity (Wildman–Crippen MR) is 258 cm³/mol. The Morgan fingerprint density at radius 3 is 0.969 bits per heavy atom. The van der Waals surface area contributed by atoms with E-state index in [2.05, 4.69) is 21.9 Å². The number of para-hydroxylation sites is 2. The molecule has 0 aromatic heterocycles. The summed E-state index contributed by atoms with van der Waals surface area (Å²) >= 11 is 0. The fourth-order valence-electron chi connectivity index (χ4n) is 9.93. The standard InChI is InChI=1S/C58H34F4N2/c59-55-53-45-33-49(63(37-21-3-1-4-22-37)47-31-15-19-35-17-7-9-25-39(35)47)41-27-11-13-29-43(41)51(45)52-44-30-14-12-28-42(44)50(34-46(52)54(53)56(60)58(62)57(55)61)64(38-23-5-2-6-24-38)48-32-16-20-36-18-8-10-26-40(36)48/h1-34H. The minimum Gasteiger partial charge on any atom is -0.309 e. The Morgan fingerprint density at radius 2 is 0.562 bits per heavy atom. The van der Waals surface area contributed by atoms with E-state index in [0.29, 0.717) is 22.1 Å². The first-order chi connectivity index (χ1) is 31.5. The van der Waals surface area contributed by atoms with Crippen LogP contribution in [0.25, 0.3) is 75.4 Å². The van der Waals surface area contributed by atoms with Gasteiger partial charge in [0.25, 0.3) is 0 Å². The summed E-state index contributed by atoms with van der Waals surface area (Å²) in [5, 5.41) is 8.11. The summed E-state index contributed by atoms with van der Waals surface area (Å²) < 4.78 is 66.3. The average molecular weight is 835 g/mol. The number of benzene rings is 12. The molecule has 304 valence electrons. The fraction of sp³-hybridized carbons (Fsp3) is 0. The lowest BCUT2D eigenvalue weighted by molar-refractivity contribution is 0.418. The van der Waals surface area contributed by atoms with Crippen molar-refractivity contribution in [3.05, 3.63) is 230 Å². The normalized spacial score (nSPS) is 11.8. The molecular formula is C58H34F4N2. The summed E-state index contributed by atoms with van der Waals surface area (Å²) in [7, 11) is 0. The van der Waals surface area contributed by atoms with Gasteiger partial charge >= 0.3 is 0 Å². The van der Waals surface area contributed by atoms with Crippen LogP contribution in [0.5, 0.6) is 0 Å². The number of hydrogen-bond donors (Lipinski definition) is 0. The Kier molecular flexibility index (Phi) is 8.63. The molecule has 0 spiro atoms. The largest absolute Gasteiger partial charge is 0.309 e. The monoisotopic (exact) mass is 834 g/mol. The van der Waals surface area contributed by atoms with Crippen LogP contribution >= 0.6 is 0 Å². The van der Waals surface area contributed by atoms with Crippen LogP contribution in [0.4, 0.5) is 51.7 Å². The molecule has 0 saturated carbocycles. The number of nitrogens with zero attached hydrogens (tertiary/aromatic N) is 2. The van der Waals surface area contributed by atoms with E-state index in [1.807, 2.05) is 194 Å². The molecule has 0 N–H and O–H groups in total. The molecule has 12 aromatic carbocycles. The van der Waals surface area contributed by atoms with Crippen molar-refractivity contribution < 1.29 is 17.6 Å². The first-order valence-electron chi connectivity index (χ1n) is 21.1. The quantitative estimate of drug-likeness (QED) is 0.0713. The smallest absolute Gasteiger partial charge is 0.198 e. The summed E-state index contributed by atoms with van der Waals surface area (Å²) in [6.07, 6.45) is 0. The Bertz CT molecular complexity index is 3590. The van der Waals surface area contributed by atoms with Crippen LogP contribution in [0.3, 0.4) is 0 Å². The van der Waals surface area contributed by atoms with Gasteiger partial charge < -0.3 is 9.80 Å². The number of fused-ring (bicyclic) bond motifs is 12. The number of anilines is 6. The van der Waals surface area contributed by atoms with E-state index >= 15 is 17.6 Å². The molecule has 0 unspecified atom stereocenters. The Labute approximate surface area is 365 Å². The van der Waals surface area contributed by atoms with Crippen LogP contribution in [-0.2, 0) is 0 Å². The zero-order valence-electron chi connectivity index (χ0n) is 34.0. The second-order valence-electron chi connectivity index (χ2n) is 16.1. The average Bonchev–Trinajstić information content (AvgIpc) is 3.35. The molecule has 0 amide bonds. The molecule has 12 aromatic rings. The van der Waals surface area contributed by atoms with Crippen molar-refractivity contribution in [1.29, 1.82) is 0 Å². The van der Waals surface area contributed by atoms with Gasteiger partial charge in [0, 0.05) is 43.7 Å². The summed E-state index contributed by atoms with van der Waals surface area (Å²) in [6, 6.07) is 67.4. The van der Waals surface area contributed by atoms with Crippen LogP contribution in [-0.4, -0.2) is 0 Å². The van der Waals surface area contributed by atoms with E-state index in [9.17, 15) is 0 Å². The molecule has 0 bridgehead atoms. The molecule has 2 nitrogen and oxygen atoms in total. The van der Waals surface area contributed by atoms with E-state index in [-0.39, 0.29) is 21.5 Å². The van der Waals surface area contributed by atoms with Crippen molar-refractivity contribution in [2.24, 2.45) is 0 Å². The minimum absolute atomic E-state index is 0.250. The Hall–Kier alpha value is -8.22. The minimum atomic E-state index is -1.86. The van der Waals surface area contributed by atoms with E-state index in [1.54, 1.807) is 0 Å². The van der Waals surface area contributed by atoms with E-state index in [1.165, 1.54) is 0 Å². The molecule has 0 aliphatic carbocycles. The Morgan fingerprint density at radius 1 is 0.234 bits per heavy atom. The molecule has 0 saturated heterocycles. The van der Waals surface area contributed by atoms with Gasteiger partial charge in [-0.25, -0.2) is 17.6 Å². The molecule has 0 radical (unpaired) electrons. The van der Waals surface area contributed by atoms with E-state index < -0.39 is 23.3 Å². The van der Waals surface area contributed by atoms with Crippen LogP contribution in [0.2, 0.25) is 0 Å². The summed E-state index contributed by atoms with van der Waals surface area (Å²) in [4.78, 5) is 4.22.